The quantitative estimate of drug-likeness (QED) is 0.777. The molecule has 0 aromatic heterocycles. The summed E-state index contributed by atoms with van der Waals surface area (Å²) in [4.78, 5) is 27.0. The van der Waals surface area contributed by atoms with Crippen molar-refractivity contribution in [1.29, 1.82) is 0 Å². The van der Waals surface area contributed by atoms with Crippen LogP contribution in [0.15, 0.2) is 47.4 Å². The van der Waals surface area contributed by atoms with Crippen molar-refractivity contribution in [3.8, 4) is 0 Å². The van der Waals surface area contributed by atoms with Gasteiger partial charge in [0.2, 0.25) is 5.91 Å². The van der Waals surface area contributed by atoms with Gasteiger partial charge in [-0.15, -0.1) is 11.8 Å². The molecule has 2 fully saturated rings. The minimum Gasteiger partial charge on any atom is -0.481 e. The molecule has 148 valence electrons. The second-order valence-electron chi connectivity index (χ2n) is 7.58. The number of rotatable bonds is 5. The number of hydrogen-bond acceptors (Lipinski definition) is 4. The smallest absolute Gasteiger partial charge is 0.309 e. The normalized spacial score (nSPS) is 23.2. The summed E-state index contributed by atoms with van der Waals surface area (Å²) in [7, 11) is 0. The summed E-state index contributed by atoms with van der Waals surface area (Å²) < 4.78 is 5.71. The van der Waals surface area contributed by atoms with Crippen LogP contribution in [0.1, 0.15) is 19.3 Å². The lowest BCUT2D eigenvalue weighted by Gasteiger charge is -2.35. The van der Waals surface area contributed by atoms with Gasteiger partial charge < -0.3 is 14.7 Å². The predicted octanol–water partition coefficient (Wildman–Crippen LogP) is 3.66. The topological polar surface area (TPSA) is 66.8 Å². The Morgan fingerprint density at radius 3 is 2.57 bits per heavy atom. The molecule has 4 rings (SSSR count). The fourth-order valence-electron chi connectivity index (χ4n) is 4.31. The molecule has 0 spiro atoms. The molecule has 2 aliphatic rings. The van der Waals surface area contributed by atoms with E-state index in [-0.39, 0.29) is 17.9 Å². The lowest BCUT2D eigenvalue weighted by molar-refractivity contribution is -0.145. The maximum absolute atomic E-state index is 12.6. The second kappa shape index (κ2) is 8.53. The van der Waals surface area contributed by atoms with Crippen molar-refractivity contribution in [3.05, 3.63) is 42.5 Å². The number of fused-ring (bicyclic) bond motifs is 1. The number of carbonyl (C=O) groups excluding carboxylic acids is 1. The van der Waals surface area contributed by atoms with Gasteiger partial charge in [0.1, 0.15) is 0 Å². The monoisotopic (exact) mass is 399 g/mol. The average Bonchev–Trinajstić information content (AvgIpc) is 3.22. The van der Waals surface area contributed by atoms with Crippen molar-refractivity contribution in [1.82, 2.24) is 4.90 Å². The Kier molecular flexibility index (Phi) is 5.87. The first-order chi connectivity index (χ1) is 13.6. The Morgan fingerprint density at radius 1 is 1.07 bits per heavy atom. The van der Waals surface area contributed by atoms with E-state index in [1.807, 2.05) is 17.0 Å². The van der Waals surface area contributed by atoms with Crippen LogP contribution < -0.4 is 0 Å². The van der Waals surface area contributed by atoms with Crippen LogP contribution in [-0.4, -0.2) is 53.4 Å². The van der Waals surface area contributed by atoms with Crippen molar-refractivity contribution >= 4 is 34.4 Å². The summed E-state index contributed by atoms with van der Waals surface area (Å²) >= 11 is 1.57. The zero-order valence-electron chi connectivity index (χ0n) is 15.8. The van der Waals surface area contributed by atoms with Crippen molar-refractivity contribution in [2.45, 2.75) is 30.3 Å². The number of nitrogens with zero attached hydrogens (tertiary/aromatic N) is 1. The molecule has 2 aliphatic heterocycles. The highest BCUT2D eigenvalue weighted by Crippen LogP contribution is 2.33. The summed E-state index contributed by atoms with van der Waals surface area (Å²) in [6.07, 6.45) is 2.05. The minimum absolute atomic E-state index is 0.152. The Labute approximate surface area is 169 Å². The third kappa shape index (κ3) is 4.18. The van der Waals surface area contributed by atoms with Crippen LogP contribution >= 0.6 is 11.8 Å². The third-order valence-corrected chi connectivity index (χ3v) is 6.87. The number of carboxylic acids is 1. The summed E-state index contributed by atoms with van der Waals surface area (Å²) in [6, 6.07) is 14.5. The molecule has 2 saturated heterocycles. The molecule has 0 saturated carbocycles. The fraction of sp³-hybridized carbons (Fsp3) is 0.455. The van der Waals surface area contributed by atoms with Gasteiger partial charge in [0.25, 0.3) is 0 Å². The Hall–Kier alpha value is -2.05. The highest BCUT2D eigenvalue weighted by atomic mass is 32.2. The van der Waals surface area contributed by atoms with Gasteiger partial charge in [-0.1, -0.05) is 30.3 Å². The average molecular weight is 400 g/mol. The van der Waals surface area contributed by atoms with E-state index < -0.39 is 11.9 Å². The van der Waals surface area contributed by atoms with E-state index in [9.17, 15) is 14.7 Å². The molecule has 5 nitrogen and oxygen atoms in total. The summed E-state index contributed by atoms with van der Waals surface area (Å²) in [5, 5.41) is 11.7. The SMILES string of the molecule is O=C(O)C1CCO[C@H]1C1CCN(C(=O)CSc2ccc3ccccc3c2)CC1. The zero-order chi connectivity index (χ0) is 19.5. The second-order valence-corrected chi connectivity index (χ2v) is 8.63. The van der Waals surface area contributed by atoms with Crippen molar-refractivity contribution < 1.29 is 19.4 Å². The van der Waals surface area contributed by atoms with Crippen LogP contribution in [0.4, 0.5) is 0 Å². The first-order valence-corrected chi connectivity index (χ1v) is 10.8. The number of hydrogen-bond donors (Lipinski definition) is 1. The van der Waals surface area contributed by atoms with Crippen molar-refractivity contribution in [3.63, 3.8) is 0 Å². The van der Waals surface area contributed by atoms with Gasteiger partial charge in [-0.3, -0.25) is 9.59 Å². The largest absolute Gasteiger partial charge is 0.481 e. The van der Waals surface area contributed by atoms with E-state index in [4.69, 9.17) is 4.74 Å². The van der Waals surface area contributed by atoms with Gasteiger partial charge in [0, 0.05) is 24.6 Å². The number of ether oxygens (including phenoxy) is 1. The van der Waals surface area contributed by atoms with Gasteiger partial charge in [-0.2, -0.15) is 0 Å². The van der Waals surface area contributed by atoms with Crippen LogP contribution in [-0.2, 0) is 14.3 Å². The van der Waals surface area contributed by atoms with Gasteiger partial charge in [0.15, 0.2) is 0 Å². The van der Waals surface area contributed by atoms with Gasteiger partial charge in [0.05, 0.1) is 17.8 Å². The van der Waals surface area contributed by atoms with Crippen LogP contribution in [0.25, 0.3) is 10.8 Å². The number of carbonyl (C=O) groups is 2. The van der Waals surface area contributed by atoms with Gasteiger partial charge in [-0.05, 0) is 48.1 Å². The molecule has 28 heavy (non-hydrogen) atoms. The van der Waals surface area contributed by atoms with Gasteiger partial charge in [-0.25, -0.2) is 0 Å². The maximum Gasteiger partial charge on any atom is 0.309 e. The number of piperidine rings is 1. The third-order valence-electron chi connectivity index (χ3n) is 5.89. The molecule has 2 atom stereocenters. The van der Waals surface area contributed by atoms with E-state index in [0.29, 0.717) is 31.9 Å². The maximum atomic E-state index is 12.6. The molecule has 1 N–H and O–H groups in total. The van der Waals surface area contributed by atoms with E-state index >= 15 is 0 Å². The lowest BCUT2D eigenvalue weighted by atomic mass is 9.84. The van der Waals surface area contributed by atoms with E-state index in [0.717, 1.165) is 17.7 Å². The zero-order valence-corrected chi connectivity index (χ0v) is 16.6. The molecule has 6 heteroatoms. The lowest BCUT2D eigenvalue weighted by Crippen LogP contribution is -2.43. The molecule has 2 heterocycles. The Balaban J connectivity index is 1.28. The van der Waals surface area contributed by atoms with E-state index in [1.54, 1.807) is 11.8 Å². The fourth-order valence-corrected chi connectivity index (χ4v) is 5.16. The van der Waals surface area contributed by atoms with Crippen LogP contribution in [0.5, 0.6) is 0 Å². The summed E-state index contributed by atoms with van der Waals surface area (Å²) in [6.45, 7) is 1.91. The number of benzene rings is 2. The number of thioether (sulfide) groups is 1. The Morgan fingerprint density at radius 2 is 1.82 bits per heavy atom. The number of aliphatic carboxylic acids is 1. The first kappa shape index (κ1) is 19.3. The molecule has 1 amide bonds. The number of amides is 1. The summed E-state index contributed by atoms with van der Waals surface area (Å²) in [5.41, 5.74) is 0. The highest BCUT2D eigenvalue weighted by Gasteiger charge is 2.40. The standard InChI is InChI=1S/C22H25NO4S/c24-20(14-28-18-6-5-15-3-1-2-4-17(15)13-18)23-10-7-16(8-11-23)21-19(22(25)26)9-12-27-21/h1-6,13,16,19,21H,7-12,14H2,(H,25,26)/t19?,21-/m0/s1. The molecule has 2 aromatic carbocycles. The molecule has 0 bridgehead atoms. The number of carboxylic acid groups (broad SMARTS) is 1. The molecule has 2 aromatic rings. The first-order valence-electron chi connectivity index (χ1n) is 9.85. The van der Waals surface area contributed by atoms with Crippen LogP contribution in [0.2, 0.25) is 0 Å². The van der Waals surface area contributed by atoms with Crippen LogP contribution in [0, 0.1) is 11.8 Å². The summed E-state index contributed by atoms with van der Waals surface area (Å²) in [5.74, 6) is -0.330. The molecular formula is C22H25NO4S. The molecule has 1 unspecified atom stereocenters. The van der Waals surface area contributed by atoms with Crippen molar-refractivity contribution in [2.24, 2.45) is 11.8 Å². The molecule has 0 radical (unpaired) electrons. The van der Waals surface area contributed by atoms with Crippen LogP contribution in [0.3, 0.4) is 0 Å². The van der Waals surface area contributed by atoms with Crippen molar-refractivity contribution in [2.75, 3.05) is 25.4 Å². The van der Waals surface area contributed by atoms with E-state index in [1.165, 1.54) is 10.8 Å². The molecular weight excluding hydrogens is 374 g/mol. The highest BCUT2D eigenvalue weighted by molar-refractivity contribution is 8.00. The van der Waals surface area contributed by atoms with E-state index in [2.05, 4.69) is 30.3 Å². The number of likely N-dealkylation sites (tertiary alicyclic amines) is 1. The van der Waals surface area contributed by atoms with Gasteiger partial charge >= 0.3 is 5.97 Å². The Bertz CT molecular complexity index is 862. The minimum atomic E-state index is -0.757. The molecule has 0 aliphatic carbocycles. The predicted molar refractivity (Wildman–Crippen MR) is 109 cm³/mol.